The number of carbonyl (C=O) groups excluding carboxylic acids is 1. The maximum atomic E-state index is 12.8. The van der Waals surface area contributed by atoms with E-state index in [-0.39, 0.29) is 55.0 Å². The fourth-order valence-electron chi connectivity index (χ4n) is 3.96. The van der Waals surface area contributed by atoms with Crippen molar-refractivity contribution in [2.75, 3.05) is 22.7 Å². The van der Waals surface area contributed by atoms with Gasteiger partial charge < -0.3 is 16.2 Å². The predicted molar refractivity (Wildman–Crippen MR) is 174 cm³/mol. The summed E-state index contributed by atoms with van der Waals surface area (Å²) in [6.45, 7) is 0. The van der Waals surface area contributed by atoms with Crippen molar-refractivity contribution in [2.45, 2.75) is 20.4 Å². The Morgan fingerprint density at radius 3 is 1.81 bits per heavy atom. The fraction of sp³-hybridized carbons (Fsp3) is 0.115. The molecule has 0 aliphatic carbocycles. The second-order valence-corrected chi connectivity index (χ2v) is 16.8. The third-order valence-electron chi connectivity index (χ3n) is 6.06. The minimum absolute atomic E-state index is 0.0260. The first kappa shape index (κ1) is 37.9. The Bertz CT molecular complexity index is 2290. The molecule has 0 aliphatic rings. The van der Waals surface area contributed by atoms with Crippen molar-refractivity contribution in [1.82, 2.24) is 0 Å². The summed E-state index contributed by atoms with van der Waals surface area (Å²) in [6.07, 6.45) is 0. The molecular weight excluding hydrogens is 747 g/mol. The highest BCUT2D eigenvalue weighted by Crippen LogP contribution is 2.37. The maximum absolute atomic E-state index is 12.8. The van der Waals surface area contributed by atoms with E-state index in [4.69, 9.17) is 33.5 Å². The minimum Gasteiger partial charge on any atom is -0.507 e. The smallest absolute Gasteiger partial charge is 0.296 e. The largest absolute Gasteiger partial charge is 0.507 e. The molecule has 0 unspecified atom stereocenters. The van der Waals surface area contributed by atoms with Crippen LogP contribution in [0.15, 0.2) is 81.4 Å². The zero-order chi connectivity index (χ0) is 35.5. The number of nitrogens with two attached hydrogens (primary N) is 1. The van der Waals surface area contributed by atoms with Crippen LogP contribution < -0.4 is 11.1 Å². The number of fused-ring (bicyclic) bond motifs is 1. The summed E-state index contributed by atoms with van der Waals surface area (Å²) < 4.78 is 119. The topological polar surface area (TPSA) is 273 Å². The van der Waals surface area contributed by atoms with E-state index in [1.807, 2.05) is 0 Å². The molecule has 0 heterocycles. The third kappa shape index (κ3) is 10.2. The molecule has 0 spiro atoms. The van der Waals surface area contributed by atoms with E-state index in [0.717, 1.165) is 24.3 Å². The number of hydrogen-bond acceptors (Lipinski definition) is 11. The Balaban J connectivity index is 0.000000420. The number of rotatable bonds is 9. The van der Waals surface area contributed by atoms with Crippen molar-refractivity contribution in [3.8, 4) is 5.75 Å². The molecule has 4 aromatic rings. The molecule has 7 N–H and O–H groups in total. The SMILES string of the molecule is Nc1ccc(Cl)cc1S(=O)(=O)O.O=C(Nc1cc(S(=O)(=O)O)cc2cc(S(=O)(=O)O)cc(O)c12)c1ccc(CS(=O)(=O)CCCl)cc1. The monoisotopic (exact) mass is 770 g/mol. The molecule has 254 valence electrons. The highest BCUT2D eigenvalue weighted by atomic mass is 35.5. The molecule has 47 heavy (non-hydrogen) atoms. The van der Waals surface area contributed by atoms with E-state index in [2.05, 4.69) is 5.32 Å². The zero-order valence-corrected chi connectivity index (χ0v) is 28.2. The Morgan fingerprint density at radius 1 is 0.766 bits per heavy atom. The van der Waals surface area contributed by atoms with Gasteiger partial charge in [-0.1, -0.05) is 23.7 Å². The number of carbonyl (C=O) groups is 1. The van der Waals surface area contributed by atoms with Gasteiger partial charge in [0.2, 0.25) is 0 Å². The lowest BCUT2D eigenvalue weighted by Crippen LogP contribution is -2.14. The van der Waals surface area contributed by atoms with Crippen LogP contribution in [0, 0.1) is 0 Å². The van der Waals surface area contributed by atoms with E-state index in [1.165, 1.54) is 36.4 Å². The molecule has 4 rings (SSSR count). The quantitative estimate of drug-likeness (QED) is 0.0806. The molecule has 0 aromatic heterocycles. The van der Waals surface area contributed by atoms with Crippen LogP contribution in [0.5, 0.6) is 5.75 Å². The normalized spacial score (nSPS) is 12.3. The molecular formula is C26H24Cl2N2O13S4. The van der Waals surface area contributed by atoms with E-state index in [9.17, 15) is 52.7 Å². The molecule has 15 nitrogen and oxygen atoms in total. The van der Waals surface area contributed by atoms with Crippen molar-refractivity contribution >= 4 is 91.4 Å². The Labute approximate surface area is 279 Å². The Hall–Kier alpha value is -3.53. The molecule has 0 atom stereocenters. The van der Waals surface area contributed by atoms with Crippen molar-refractivity contribution in [2.24, 2.45) is 0 Å². The molecule has 1 amide bonds. The van der Waals surface area contributed by atoms with Gasteiger partial charge in [0.15, 0.2) is 9.84 Å². The number of amides is 1. The molecule has 0 aliphatic heterocycles. The van der Waals surface area contributed by atoms with Crippen LogP contribution in [-0.2, 0) is 45.9 Å². The molecule has 0 saturated heterocycles. The molecule has 21 heteroatoms. The molecule has 0 bridgehead atoms. The highest BCUT2D eigenvalue weighted by Gasteiger charge is 2.21. The van der Waals surface area contributed by atoms with Crippen LogP contribution in [0.2, 0.25) is 5.02 Å². The average Bonchev–Trinajstić information content (AvgIpc) is 2.93. The van der Waals surface area contributed by atoms with Gasteiger partial charge in [-0.25, -0.2) is 8.42 Å². The summed E-state index contributed by atoms with van der Waals surface area (Å²) in [5.74, 6) is -2.04. The second-order valence-electron chi connectivity index (χ2n) is 9.55. The van der Waals surface area contributed by atoms with Gasteiger partial charge in [0.1, 0.15) is 10.6 Å². The van der Waals surface area contributed by atoms with E-state index in [0.29, 0.717) is 11.6 Å². The number of nitrogens with one attached hydrogen (secondary N) is 1. The number of phenolic OH excluding ortho intramolecular Hbond substituents is 1. The second kappa shape index (κ2) is 14.3. The number of anilines is 2. The van der Waals surface area contributed by atoms with Crippen molar-refractivity contribution in [3.05, 3.63) is 82.9 Å². The first-order chi connectivity index (χ1) is 21.5. The van der Waals surface area contributed by atoms with Crippen LogP contribution in [-0.4, -0.2) is 70.0 Å². The zero-order valence-electron chi connectivity index (χ0n) is 23.4. The molecule has 0 fully saturated rings. The van der Waals surface area contributed by atoms with Gasteiger partial charge >= 0.3 is 0 Å². The lowest BCUT2D eigenvalue weighted by atomic mass is 10.1. The number of sulfone groups is 1. The summed E-state index contributed by atoms with van der Waals surface area (Å²) in [4.78, 5) is 11.0. The van der Waals surface area contributed by atoms with Gasteiger partial charge in [-0.3, -0.25) is 18.5 Å². The van der Waals surface area contributed by atoms with Crippen molar-refractivity contribution in [3.63, 3.8) is 0 Å². The average molecular weight is 772 g/mol. The summed E-state index contributed by atoms with van der Waals surface area (Å²) in [6, 6.07) is 12.6. The maximum Gasteiger partial charge on any atom is 0.296 e. The Kier molecular flexibility index (Phi) is 11.5. The lowest BCUT2D eigenvalue weighted by molar-refractivity contribution is 0.102. The number of phenols is 1. The summed E-state index contributed by atoms with van der Waals surface area (Å²) in [5.41, 5.74) is 5.42. The first-order valence-electron chi connectivity index (χ1n) is 12.5. The number of alkyl halides is 1. The van der Waals surface area contributed by atoms with Crippen LogP contribution in [0.25, 0.3) is 10.8 Å². The van der Waals surface area contributed by atoms with Crippen LogP contribution in [0.4, 0.5) is 11.4 Å². The van der Waals surface area contributed by atoms with Gasteiger partial charge in [0.25, 0.3) is 36.3 Å². The van der Waals surface area contributed by atoms with Gasteiger partial charge in [0, 0.05) is 27.9 Å². The van der Waals surface area contributed by atoms with Gasteiger partial charge in [0.05, 0.1) is 32.7 Å². The van der Waals surface area contributed by atoms with Crippen LogP contribution >= 0.6 is 23.2 Å². The lowest BCUT2D eigenvalue weighted by Gasteiger charge is -2.13. The molecule has 4 aromatic carbocycles. The number of aromatic hydroxyl groups is 1. The van der Waals surface area contributed by atoms with Crippen molar-refractivity contribution in [1.29, 1.82) is 0 Å². The number of hydrogen-bond donors (Lipinski definition) is 6. The first-order valence-corrected chi connectivity index (χ1v) is 19.5. The van der Waals surface area contributed by atoms with Crippen molar-refractivity contribution < 1.29 is 57.2 Å². The van der Waals surface area contributed by atoms with Crippen LogP contribution in [0.3, 0.4) is 0 Å². The van der Waals surface area contributed by atoms with E-state index >= 15 is 0 Å². The highest BCUT2D eigenvalue weighted by molar-refractivity contribution is 7.90. The summed E-state index contributed by atoms with van der Waals surface area (Å²) in [5, 5.41) is 12.6. The van der Waals surface area contributed by atoms with Gasteiger partial charge in [-0.05, 0) is 59.5 Å². The predicted octanol–water partition coefficient (Wildman–Crippen LogP) is 3.61. The fourth-order valence-corrected chi connectivity index (χ4v) is 7.70. The number of benzene rings is 4. The van der Waals surface area contributed by atoms with Crippen LogP contribution in [0.1, 0.15) is 15.9 Å². The van der Waals surface area contributed by atoms with Gasteiger partial charge in [-0.2, -0.15) is 25.3 Å². The summed E-state index contributed by atoms with van der Waals surface area (Å²) >= 11 is 11.0. The molecule has 0 saturated carbocycles. The number of nitrogen functional groups attached to an aromatic ring is 1. The standard InChI is InChI=1S/C20H18ClNO10S3.C6H6ClNO3S/c21-5-6-33(25,26)11-12-1-3-13(4-2-12)20(24)22-17-9-15(34(27,28)29)7-14-8-16(35(30,31)32)10-18(23)19(14)17;7-4-1-2-5(8)6(3-4)12(9,10)11/h1-4,7-10,23H,5-6,11H2,(H,22,24)(H,27,28,29)(H,30,31,32);1-3H,8H2,(H,9,10,11). The molecule has 0 radical (unpaired) electrons. The minimum atomic E-state index is -4.82. The van der Waals surface area contributed by atoms with Gasteiger partial charge in [-0.15, -0.1) is 11.6 Å². The number of halogens is 2. The summed E-state index contributed by atoms with van der Waals surface area (Å²) in [7, 11) is -17.3. The van der Waals surface area contributed by atoms with E-state index < -0.39 is 61.6 Å². The van der Waals surface area contributed by atoms with E-state index in [1.54, 1.807) is 0 Å². The Morgan fingerprint density at radius 2 is 1.32 bits per heavy atom. The third-order valence-corrected chi connectivity index (χ3v) is 10.9.